The number of carbonyl (C=O) groups is 2. The molecule has 0 radical (unpaired) electrons. The van der Waals surface area contributed by atoms with Crippen molar-refractivity contribution in [2.75, 3.05) is 6.61 Å². The number of Topliss-reactive ketones (excluding diaryl/α,β-unsaturated/α-hetero) is 1. The van der Waals surface area contributed by atoms with E-state index in [9.17, 15) is 19.8 Å². The molecule has 0 fully saturated rings. The fourth-order valence-corrected chi connectivity index (χ4v) is 0.996. The predicted octanol–water partition coefficient (Wildman–Crippen LogP) is -4.60. The molecule has 9 heteroatoms. The van der Waals surface area contributed by atoms with Gasteiger partial charge in [0.2, 0.25) is 0 Å². The van der Waals surface area contributed by atoms with E-state index >= 15 is 0 Å². The summed E-state index contributed by atoms with van der Waals surface area (Å²) >= 11 is 0. The van der Waals surface area contributed by atoms with Crippen LogP contribution >= 0.6 is 0 Å². The molecule has 0 saturated carbocycles. The topological polar surface area (TPSA) is 182 Å². The van der Waals surface area contributed by atoms with Crippen molar-refractivity contribution in [3.05, 3.63) is 0 Å². The first-order chi connectivity index (χ1) is 7.73. The standard InChI is InChI=1S/C8H15NO8/c9-3(8(16)17)5(13)7(15)6(14)4(12)2(11)1-10/h2-4,6-7,10-12,14-15H,1,9H2,(H,16,17)/t2-,3?,4-,6+,7+/m1/s1. The third-order valence-corrected chi connectivity index (χ3v) is 2.12. The highest BCUT2D eigenvalue weighted by Crippen LogP contribution is 2.07. The number of aliphatic hydroxyl groups is 5. The third kappa shape index (κ3) is 4.00. The first kappa shape index (κ1) is 15.9. The minimum absolute atomic E-state index is 0.913. The van der Waals surface area contributed by atoms with Crippen molar-refractivity contribution in [3.63, 3.8) is 0 Å². The number of carboxylic acid groups (broad SMARTS) is 1. The summed E-state index contributed by atoms with van der Waals surface area (Å²) in [4.78, 5) is 21.5. The van der Waals surface area contributed by atoms with Crippen LogP contribution in [0.5, 0.6) is 0 Å². The van der Waals surface area contributed by atoms with Crippen LogP contribution in [-0.4, -0.2) is 79.5 Å². The number of carbonyl (C=O) groups excluding carboxylic acids is 1. The van der Waals surface area contributed by atoms with Crippen LogP contribution < -0.4 is 5.73 Å². The minimum atomic E-state index is -2.28. The van der Waals surface area contributed by atoms with E-state index in [1.807, 2.05) is 0 Å². The molecule has 0 aromatic rings. The van der Waals surface area contributed by atoms with Crippen LogP contribution in [0.15, 0.2) is 0 Å². The van der Waals surface area contributed by atoms with Gasteiger partial charge in [-0.1, -0.05) is 0 Å². The van der Waals surface area contributed by atoms with E-state index in [4.69, 9.17) is 26.2 Å². The first-order valence-electron chi connectivity index (χ1n) is 4.59. The molecule has 1 unspecified atom stereocenters. The van der Waals surface area contributed by atoms with E-state index in [1.165, 1.54) is 0 Å². The quantitative estimate of drug-likeness (QED) is 0.219. The van der Waals surface area contributed by atoms with Crippen molar-refractivity contribution < 1.29 is 40.2 Å². The maximum Gasteiger partial charge on any atom is 0.328 e. The molecule has 0 aliphatic carbocycles. The van der Waals surface area contributed by atoms with E-state index < -0.39 is 48.8 Å². The summed E-state index contributed by atoms with van der Waals surface area (Å²) in [5, 5.41) is 53.4. The van der Waals surface area contributed by atoms with Crippen LogP contribution in [0.4, 0.5) is 0 Å². The first-order valence-corrected chi connectivity index (χ1v) is 4.59. The monoisotopic (exact) mass is 253 g/mol. The zero-order valence-electron chi connectivity index (χ0n) is 8.67. The Morgan fingerprint density at radius 2 is 1.53 bits per heavy atom. The Hall–Kier alpha value is -1.10. The van der Waals surface area contributed by atoms with Crippen LogP contribution in [0.2, 0.25) is 0 Å². The van der Waals surface area contributed by atoms with Gasteiger partial charge in [-0.3, -0.25) is 9.59 Å². The molecule has 0 aliphatic rings. The molecule has 5 atom stereocenters. The van der Waals surface area contributed by atoms with E-state index in [1.54, 1.807) is 0 Å². The molecule has 17 heavy (non-hydrogen) atoms. The average molecular weight is 253 g/mol. The van der Waals surface area contributed by atoms with Crippen LogP contribution in [0.3, 0.4) is 0 Å². The van der Waals surface area contributed by atoms with Gasteiger partial charge in [-0.2, -0.15) is 0 Å². The highest BCUT2D eigenvalue weighted by atomic mass is 16.4. The Labute approximate surface area is 95.7 Å². The molecule has 0 aromatic heterocycles. The van der Waals surface area contributed by atoms with Gasteiger partial charge in [-0.05, 0) is 0 Å². The SMILES string of the molecule is NC(C(=O)O)C(=O)[C@H](O)[C@@H](O)[C@H](O)[C@H](O)CO. The lowest BCUT2D eigenvalue weighted by molar-refractivity contribution is -0.154. The molecule has 0 aromatic carbocycles. The van der Waals surface area contributed by atoms with Gasteiger partial charge in [0.15, 0.2) is 11.8 Å². The van der Waals surface area contributed by atoms with Crippen LogP contribution in [0, 0.1) is 0 Å². The highest BCUT2D eigenvalue weighted by Gasteiger charge is 2.38. The zero-order valence-corrected chi connectivity index (χ0v) is 8.67. The molecule has 8 N–H and O–H groups in total. The van der Waals surface area contributed by atoms with Gasteiger partial charge >= 0.3 is 5.97 Å². The predicted molar refractivity (Wildman–Crippen MR) is 51.7 cm³/mol. The second-order valence-electron chi connectivity index (χ2n) is 3.39. The number of rotatable bonds is 7. The highest BCUT2D eigenvalue weighted by molar-refractivity contribution is 6.04. The second kappa shape index (κ2) is 6.59. The lowest BCUT2D eigenvalue weighted by atomic mass is 9.97. The van der Waals surface area contributed by atoms with Crippen molar-refractivity contribution in [2.24, 2.45) is 5.73 Å². The number of hydrogen-bond acceptors (Lipinski definition) is 8. The number of nitrogens with two attached hydrogens (primary N) is 1. The molecule has 9 nitrogen and oxygen atoms in total. The largest absolute Gasteiger partial charge is 0.480 e. The zero-order chi connectivity index (χ0) is 13.7. The maximum absolute atomic E-state index is 11.2. The van der Waals surface area contributed by atoms with Gasteiger partial charge in [0.05, 0.1) is 6.61 Å². The molecule has 100 valence electrons. The van der Waals surface area contributed by atoms with Gasteiger partial charge in [-0.25, -0.2) is 0 Å². The van der Waals surface area contributed by atoms with E-state index in [-0.39, 0.29) is 0 Å². The van der Waals surface area contributed by atoms with E-state index in [2.05, 4.69) is 0 Å². The molecule has 0 aliphatic heterocycles. The lowest BCUT2D eigenvalue weighted by Gasteiger charge is -2.25. The van der Waals surface area contributed by atoms with Gasteiger partial charge < -0.3 is 36.4 Å². The normalized spacial score (nSPS) is 20.1. The Morgan fingerprint density at radius 1 is 1.06 bits per heavy atom. The molecular formula is C8H15NO8. The van der Waals surface area contributed by atoms with Crippen LogP contribution in [0.1, 0.15) is 0 Å². The van der Waals surface area contributed by atoms with Crippen molar-refractivity contribution in [2.45, 2.75) is 30.5 Å². The van der Waals surface area contributed by atoms with Crippen molar-refractivity contribution in [3.8, 4) is 0 Å². The maximum atomic E-state index is 11.2. The van der Waals surface area contributed by atoms with E-state index in [0.29, 0.717) is 0 Å². The summed E-state index contributed by atoms with van der Waals surface area (Å²) in [5.74, 6) is -3.13. The summed E-state index contributed by atoms with van der Waals surface area (Å²) in [5.41, 5.74) is 4.89. The Kier molecular flexibility index (Phi) is 6.16. The molecule has 0 heterocycles. The number of hydrogen-bond donors (Lipinski definition) is 7. The lowest BCUT2D eigenvalue weighted by Crippen LogP contribution is -2.54. The van der Waals surface area contributed by atoms with E-state index in [0.717, 1.165) is 0 Å². The van der Waals surface area contributed by atoms with Gasteiger partial charge in [0.1, 0.15) is 24.4 Å². The minimum Gasteiger partial charge on any atom is -0.480 e. The average Bonchev–Trinajstić information content (AvgIpc) is 2.32. The Bertz CT molecular complexity index is 283. The smallest absolute Gasteiger partial charge is 0.328 e. The molecule has 0 amide bonds. The Morgan fingerprint density at radius 3 is 1.88 bits per heavy atom. The molecule has 0 spiro atoms. The Balaban J connectivity index is 4.64. The fraction of sp³-hybridized carbons (Fsp3) is 0.750. The van der Waals surface area contributed by atoms with Gasteiger partial charge in [0, 0.05) is 0 Å². The number of aliphatic hydroxyl groups excluding tert-OH is 5. The van der Waals surface area contributed by atoms with Crippen molar-refractivity contribution in [1.29, 1.82) is 0 Å². The van der Waals surface area contributed by atoms with Crippen molar-refractivity contribution >= 4 is 11.8 Å². The summed E-state index contributed by atoms with van der Waals surface area (Å²) in [6, 6.07) is -2.06. The molecule has 0 saturated heterocycles. The summed E-state index contributed by atoms with van der Waals surface area (Å²) in [6.07, 6.45) is -8.24. The third-order valence-electron chi connectivity index (χ3n) is 2.12. The summed E-state index contributed by atoms with van der Waals surface area (Å²) in [6.45, 7) is -0.913. The van der Waals surface area contributed by atoms with Gasteiger partial charge in [-0.15, -0.1) is 0 Å². The number of carboxylic acids is 1. The summed E-state index contributed by atoms with van der Waals surface area (Å²) in [7, 11) is 0. The van der Waals surface area contributed by atoms with Crippen molar-refractivity contribution in [1.82, 2.24) is 0 Å². The summed E-state index contributed by atoms with van der Waals surface area (Å²) < 4.78 is 0. The number of aliphatic carboxylic acids is 1. The second-order valence-corrected chi connectivity index (χ2v) is 3.39. The fourth-order valence-electron chi connectivity index (χ4n) is 0.996. The van der Waals surface area contributed by atoms with Crippen LogP contribution in [-0.2, 0) is 9.59 Å². The number of ketones is 1. The molecule has 0 rings (SSSR count). The van der Waals surface area contributed by atoms with Crippen LogP contribution in [0.25, 0.3) is 0 Å². The molecular weight excluding hydrogens is 238 g/mol. The van der Waals surface area contributed by atoms with Gasteiger partial charge in [0.25, 0.3) is 0 Å². The molecule has 0 bridgehead atoms.